The molecule has 6 nitrogen and oxygen atoms in total. The topological polar surface area (TPSA) is 82.5 Å². The number of hydrogen-bond donors (Lipinski definition) is 2. The molecule has 0 aliphatic carbocycles. The summed E-state index contributed by atoms with van der Waals surface area (Å²) in [6.07, 6.45) is 1.90. The van der Waals surface area contributed by atoms with Crippen LogP contribution in [0.25, 0.3) is 0 Å². The van der Waals surface area contributed by atoms with Gasteiger partial charge in [-0.25, -0.2) is 4.79 Å². The van der Waals surface area contributed by atoms with Gasteiger partial charge in [0.1, 0.15) is 0 Å². The second-order valence-electron chi connectivity index (χ2n) is 4.89. The van der Waals surface area contributed by atoms with E-state index in [2.05, 4.69) is 10.3 Å². The fourth-order valence-electron chi connectivity index (χ4n) is 2.03. The summed E-state index contributed by atoms with van der Waals surface area (Å²) in [5, 5.41) is 12.1. The van der Waals surface area contributed by atoms with Crippen LogP contribution in [0.5, 0.6) is 0 Å². The van der Waals surface area contributed by atoms with Crippen LogP contribution < -0.4 is 5.32 Å². The molecular formula is C15H23N3O3. The summed E-state index contributed by atoms with van der Waals surface area (Å²) < 4.78 is 0. The molecule has 1 rings (SSSR count). The molecule has 0 aromatic carbocycles. The number of aromatic nitrogens is 1. The van der Waals surface area contributed by atoms with Crippen molar-refractivity contribution in [3.05, 3.63) is 29.6 Å². The molecule has 0 saturated heterocycles. The average molecular weight is 293 g/mol. The summed E-state index contributed by atoms with van der Waals surface area (Å²) in [6.45, 7) is 7.71. The Hall–Kier alpha value is -1.95. The summed E-state index contributed by atoms with van der Waals surface area (Å²) in [4.78, 5) is 28.8. The van der Waals surface area contributed by atoms with Crippen molar-refractivity contribution in [2.45, 2.75) is 39.8 Å². The molecule has 0 spiro atoms. The zero-order valence-corrected chi connectivity index (χ0v) is 12.8. The average Bonchev–Trinajstić information content (AvgIpc) is 2.46. The highest BCUT2D eigenvalue weighted by Gasteiger charge is 2.14. The first-order valence-corrected chi connectivity index (χ1v) is 7.17. The van der Waals surface area contributed by atoms with Crippen LogP contribution in [0.3, 0.4) is 0 Å². The Morgan fingerprint density at radius 2 is 2.05 bits per heavy atom. The van der Waals surface area contributed by atoms with Gasteiger partial charge in [-0.05, 0) is 32.9 Å². The van der Waals surface area contributed by atoms with E-state index in [1.165, 1.54) is 18.3 Å². The van der Waals surface area contributed by atoms with Crippen LogP contribution in [0, 0.1) is 0 Å². The Morgan fingerprint density at radius 3 is 2.62 bits per heavy atom. The lowest BCUT2D eigenvalue weighted by Crippen LogP contribution is -2.36. The van der Waals surface area contributed by atoms with Crippen molar-refractivity contribution in [1.82, 2.24) is 15.2 Å². The maximum Gasteiger partial charge on any atom is 0.335 e. The van der Waals surface area contributed by atoms with Gasteiger partial charge in [0.05, 0.1) is 11.3 Å². The van der Waals surface area contributed by atoms with Gasteiger partial charge in [0.15, 0.2) is 0 Å². The number of carboxylic acid groups (broad SMARTS) is 1. The molecule has 0 fully saturated rings. The van der Waals surface area contributed by atoms with Gasteiger partial charge in [-0.15, -0.1) is 0 Å². The molecule has 1 aromatic rings. The molecule has 2 N–H and O–H groups in total. The van der Waals surface area contributed by atoms with Crippen LogP contribution in [0.2, 0.25) is 0 Å². The van der Waals surface area contributed by atoms with E-state index in [4.69, 9.17) is 5.11 Å². The van der Waals surface area contributed by atoms with Gasteiger partial charge < -0.3 is 15.3 Å². The smallest absolute Gasteiger partial charge is 0.335 e. The summed E-state index contributed by atoms with van der Waals surface area (Å²) in [7, 11) is 0. The van der Waals surface area contributed by atoms with E-state index in [0.717, 1.165) is 0 Å². The molecule has 1 aromatic heterocycles. The number of aromatic carboxylic acids is 1. The summed E-state index contributed by atoms with van der Waals surface area (Å²) >= 11 is 0. The second kappa shape index (κ2) is 8.36. The van der Waals surface area contributed by atoms with Gasteiger partial charge in [0.2, 0.25) is 5.91 Å². The van der Waals surface area contributed by atoms with E-state index >= 15 is 0 Å². The van der Waals surface area contributed by atoms with Crippen molar-refractivity contribution in [2.24, 2.45) is 0 Å². The molecule has 116 valence electrons. The lowest BCUT2D eigenvalue weighted by atomic mass is 10.2. The maximum absolute atomic E-state index is 12.0. The van der Waals surface area contributed by atoms with Crippen molar-refractivity contribution in [1.29, 1.82) is 0 Å². The lowest BCUT2D eigenvalue weighted by molar-refractivity contribution is -0.131. The largest absolute Gasteiger partial charge is 0.478 e. The SMILES string of the molecule is CCN(CC)C(=O)CC(C)NCc1cc(C(=O)O)ccn1. The molecule has 0 aliphatic rings. The Kier molecular flexibility index (Phi) is 6.81. The zero-order valence-electron chi connectivity index (χ0n) is 12.8. The highest BCUT2D eigenvalue weighted by atomic mass is 16.4. The first-order chi connectivity index (χ1) is 9.97. The third kappa shape index (κ3) is 5.51. The summed E-state index contributed by atoms with van der Waals surface area (Å²) in [5.41, 5.74) is 0.866. The minimum atomic E-state index is -0.969. The van der Waals surface area contributed by atoms with Crippen molar-refractivity contribution in [3.8, 4) is 0 Å². The Labute approximate surface area is 125 Å². The van der Waals surface area contributed by atoms with Crippen LogP contribution in [0.4, 0.5) is 0 Å². The molecule has 0 saturated carbocycles. The van der Waals surface area contributed by atoms with E-state index in [1.54, 1.807) is 4.90 Å². The number of rotatable bonds is 8. The minimum Gasteiger partial charge on any atom is -0.478 e. The van der Waals surface area contributed by atoms with Gasteiger partial charge in [-0.2, -0.15) is 0 Å². The van der Waals surface area contributed by atoms with Crippen LogP contribution in [-0.4, -0.2) is 46.0 Å². The highest BCUT2D eigenvalue weighted by Crippen LogP contribution is 2.04. The fraction of sp³-hybridized carbons (Fsp3) is 0.533. The first-order valence-electron chi connectivity index (χ1n) is 7.17. The number of carbonyl (C=O) groups excluding carboxylic acids is 1. The molecule has 1 unspecified atom stereocenters. The van der Waals surface area contributed by atoms with Crippen LogP contribution in [0.1, 0.15) is 43.2 Å². The standard InChI is InChI=1S/C15H23N3O3/c1-4-18(5-2)14(19)8-11(3)17-10-13-9-12(15(20)21)6-7-16-13/h6-7,9,11,17H,4-5,8,10H2,1-3H3,(H,20,21). The zero-order chi connectivity index (χ0) is 15.8. The normalized spacial score (nSPS) is 12.0. The molecule has 21 heavy (non-hydrogen) atoms. The molecular weight excluding hydrogens is 270 g/mol. The predicted molar refractivity (Wildman–Crippen MR) is 80.0 cm³/mol. The van der Waals surface area contributed by atoms with Gasteiger partial charge >= 0.3 is 5.97 Å². The molecule has 1 heterocycles. The molecule has 1 atom stereocenters. The molecule has 0 aliphatic heterocycles. The second-order valence-corrected chi connectivity index (χ2v) is 4.89. The van der Waals surface area contributed by atoms with Crippen LogP contribution >= 0.6 is 0 Å². The summed E-state index contributed by atoms with van der Waals surface area (Å²) in [5.74, 6) is -0.851. The first kappa shape index (κ1) is 17.1. The van der Waals surface area contributed by atoms with Gasteiger partial charge in [0.25, 0.3) is 0 Å². The maximum atomic E-state index is 12.0. The number of pyridine rings is 1. The van der Waals surface area contributed by atoms with Crippen molar-refractivity contribution >= 4 is 11.9 Å². The van der Waals surface area contributed by atoms with Crippen LogP contribution in [0.15, 0.2) is 18.3 Å². The number of hydrogen-bond acceptors (Lipinski definition) is 4. The van der Waals surface area contributed by atoms with Crippen molar-refractivity contribution < 1.29 is 14.7 Å². The minimum absolute atomic E-state index is 0.00776. The van der Waals surface area contributed by atoms with E-state index in [9.17, 15) is 9.59 Å². The van der Waals surface area contributed by atoms with E-state index in [-0.39, 0.29) is 17.5 Å². The third-order valence-corrected chi connectivity index (χ3v) is 3.29. The quantitative estimate of drug-likeness (QED) is 0.759. The number of nitrogens with one attached hydrogen (secondary N) is 1. The Balaban J connectivity index is 2.49. The Morgan fingerprint density at radius 1 is 1.38 bits per heavy atom. The molecule has 0 radical (unpaired) electrons. The fourth-order valence-corrected chi connectivity index (χ4v) is 2.03. The number of nitrogens with zero attached hydrogens (tertiary/aromatic N) is 2. The van der Waals surface area contributed by atoms with Crippen molar-refractivity contribution in [2.75, 3.05) is 13.1 Å². The monoisotopic (exact) mass is 293 g/mol. The highest BCUT2D eigenvalue weighted by molar-refractivity contribution is 5.87. The lowest BCUT2D eigenvalue weighted by Gasteiger charge is -2.21. The van der Waals surface area contributed by atoms with E-state index in [1.807, 2.05) is 20.8 Å². The number of carboxylic acids is 1. The summed E-state index contributed by atoms with van der Waals surface area (Å²) in [6, 6.07) is 3.00. The van der Waals surface area contributed by atoms with Crippen LogP contribution in [-0.2, 0) is 11.3 Å². The van der Waals surface area contributed by atoms with E-state index < -0.39 is 5.97 Å². The number of amides is 1. The third-order valence-electron chi connectivity index (χ3n) is 3.29. The predicted octanol–water partition coefficient (Wildman–Crippen LogP) is 1.52. The van der Waals surface area contributed by atoms with Gasteiger partial charge in [-0.3, -0.25) is 9.78 Å². The Bertz CT molecular complexity index is 487. The van der Waals surface area contributed by atoms with Gasteiger partial charge in [0, 0.05) is 38.3 Å². The van der Waals surface area contributed by atoms with Gasteiger partial charge in [-0.1, -0.05) is 0 Å². The van der Waals surface area contributed by atoms with E-state index in [0.29, 0.717) is 31.7 Å². The van der Waals surface area contributed by atoms with Crippen molar-refractivity contribution in [3.63, 3.8) is 0 Å². The number of carbonyl (C=O) groups is 2. The molecule has 1 amide bonds. The molecule has 6 heteroatoms. The molecule has 0 bridgehead atoms.